The molecule has 0 aliphatic carbocycles. The number of hydrogen-bond acceptors (Lipinski definition) is 3. The molecule has 19 heavy (non-hydrogen) atoms. The molecule has 0 fully saturated rings. The number of hydrazine groups is 1. The Morgan fingerprint density at radius 2 is 2.00 bits per heavy atom. The van der Waals surface area contributed by atoms with Crippen LogP contribution in [0.1, 0.15) is 36.8 Å². The monoisotopic (exact) mass is 277 g/mol. The fourth-order valence-corrected chi connectivity index (χ4v) is 2.02. The quantitative estimate of drug-likeness (QED) is 0.478. The molecule has 1 aromatic heterocycles. The molecule has 0 atom stereocenters. The molecule has 0 aliphatic heterocycles. The zero-order valence-electron chi connectivity index (χ0n) is 11.1. The van der Waals surface area contributed by atoms with Crippen molar-refractivity contribution in [3.05, 3.63) is 40.5 Å². The average Bonchev–Trinajstić information content (AvgIpc) is 2.35. The number of amides is 1. The number of hydrogen-bond donors (Lipinski definition) is 2. The lowest BCUT2D eigenvalue weighted by molar-refractivity contribution is 0.0955. The number of benzene rings is 1. The molecule has 0 unspecified atom stereocenters. The van der Waals surface area contributed by atoms with Gasteiger partial charge in [0.05, 0.1) is 11.1 Å². The number of nitrogen functional groups attached to an aromatic ring is 1. The van der Waals surface area contributed by atoms with Gasteiger partial charge in [-0.15, -0.1) is 0 Å². The molecule has 5 heteroatoms. The van der Waals surface area contributed by atoms with Crippen LogP contribution in [0.25, 0.3) is 10.9 Å². The fourth-order valence-electron chi connectivity index (χ4n) is 1.85. The standard InChI is InChI=1S/C14H16ClN3O/c1-14(2,3)12-7-10(13(19)18-16)9-6-8(15)4-5-11(9)17-12/h4-7H,16H2,1-3H3,(H,18,19). The Balaban J connectivity index is 2.80. The van der Waals surface area contributed by atoms with E-state index in [4.69, 9.17) is 17.4 Å². The zero-order valence-corrected chi connectivity index (χ0v) is 11.9. The number of nitrogens with zero attached hydrogens (tertiary/aromatic N) is 1. The normalized spacial score (nSPS) is 11.6. The summed E-state index contributed by atoms with van der Waals surface area (Å²) in [6, 6.07) is 7.05. The summed E-state index contributed by atoms with van der Waals surface area (Å²) >= 11 is 5.98. The second kappa shape index (κ2) is 4.79. The molecule has 1 amide bonds. The Hall–Kier alpha value is -1.65. The topological polar surface area (TPSA) is 68.0 Å². The summed E-state index contributed by atoms with van der Waals surface area (Å²) in [6.07, 6.45) is 0. The van der Waals surface area contributed by atoms with Crippen molar-refractivity contribution in [1.29, 1.82) is 0 Å². The molecule has 4 nitrogen and oxygen atoms in total. The van der Waals surface area contributed by atoms with Crippen molar-refractivity contribution in [3.8, 4) is 0 Å². The van der Waals surface area contributed by atoms with Crippen molar-refractivity contribution in [2.75, 3.05) is 0 Å². The first kappa shape index (κ1) is 13.8. The van der Waals surface area contributed by atoms with Crippen LogP contribution in [0.2, 0.25) is 5.02 Å². The van der Waals surface area contributed by atoms with Crippen LogP contribution in [0.4, 0.5) is 0 Å². The average molecular weight is 278 g/mol. The summed E-state index contributed by atoms with van der Waals surface area (Å²) in [5.41, 5.74) is 4.06. The van der Waals surface area contributed by atoms with E-state index in [-0.39, 0.29) is 11.3 Å². The van der Waals surface area contributed by atoms with E-state index < -0.39 is 0 Å². The highest BCUT2D eigenvalue weighted by atomic mass is 35.5. The Bertz CT molecular complexity index is 647. The van der Waals surface area contributed by atoms with Gasteiger partial charge in [0, 0.05) is 21.5 Å². The number of nitrogens with two attached hydrogens (primary N) is 1. The highest BCUT2D eigenvalue weighted by Crippen LogP contribution is 2.27. The van der Waals surface area contributed by atoms with Crippen LogP contribution >= 0.6 is 11.6 Å². The highest BCUT2D eigenvalue weighted by Gasteiger charge is 2.20. The number of pyridine rings is 1. The second-order valence-corrected chi connectivity index (χ2v) is 5.88. The van der Waals surface area contributed by atoms with Crippen molar-refractivity contribution >= 4 is 28.4 Å². The molecular weight excluding hydrogens is 262 g/mol. The first-order chi connectivity index (χ1) is 8.82. The molecule has 2 aromatic rings. The number of carbonyl (C=O) groups excluding carboxylic acids is 1. The molecular formula is C14H16ClN3O. The molecule has 1 aromatic carbocycles. The Labute approximate surface area is 116 Å². The van der Waals surface area contributed by atoms with Gasteiger partial charge in [0.2, 0.25) is 0 Å². The first-order valence-electron chi connectivity index (χ1n) is 5.94. The largest absolute Gasteiger partial charge is 0.290 e. The van der Waals surface area contributed by atoms with Gasteiger partial charge in [0.1, 0.15) is 0 Å². The van der Waals surface area contributed by atoms with E-state index in [2.05, 4.69) is 10.4 Å². The third-order valence-corrected chi connectivity index (χ3v) is 3.15. The van der Waals surface area contributed by atoms with E-state index in [0.717, 1.165) is 11.2 Å². The minimum Gasteiger partial charge on any atom is -0.290 e. The Morgan fingerprint density at radius 1 is 1.32 bits per heavy atom. The molecule has 0 saturated heterocycles. The van der Waals surface area contributed by atoms with Gasteiger partial charge < -0.3 is 0 Å². The lowest BCUT2D eigenvalue weighted by atomic mass is 9.89. The molecule has 0 saturated carbocycles. The van der Waals surface area contributed by atoms with Crippen molar-refractivity contribution in [2.45, 2.75) is 26.2 Å². The van der Waals surface area contributed by atoms with E-state index >= 15 is 0 Å². The summed E-state index contributed by atoms with van der Waals surface area (Å²) in [5, 5.41) is 1.26. The van der Waals surface area contributed by atoms with Gasteiger partial charge in [-0.1, -0.05) is 32.4 Å². The van der Waals surface area contributed by atoms with Gasteiger partial charge in [-0.05, 0) is 24.3 Å². The van der Waals surface area contributed by atoms with Gasteiger partial charge in [-0.2, -0.15) is 0 Å². The molecule has 1 heterocycles. The third kappa shape index (κ3) is 2.69. The zero-order chi connectivity index (χ0) is 14.2. The Kier molecular flexibility index (Phi) is 3.47. The maximum Gasteiger partial charge on any atom is 0.265 e. The van der Waals surface area contributed by atoms with Gasteiger partial charge in [-0.3, -0.25) is 15.2 Å². The fraction of sp³-hybridized carbons (Fsp3) is 0.286. The number of aromatic nitrogens is 1. The number of carbonyl (C=O) groups is 1. The summed E-state index contributed by atoms with van der Waals surface area (Å²) in [6.45, 7) is 6.13. The molecule has 0 spiro atoms. The summed E-state index contributed by atoms with van der Waals surface area (Å²) < 4.78 is 0. The van der Waals surface area contributed by atoms with Gasteiger partial charge in [-0.25, -0.2) is 5.84 Å². The molecule has 0 aliphatic rings. The molecule has 2 rings (SSSR count). The van der Waals surface area contributed by atoms with Crippen LogP contribution in [0.5, 0.6) is 0 Å². The van der Waals surface area contributed by atoms with Crippen molar-refractivity contribution in [3.63, 3.8) is 0 Å². The molecule has 0 bridgehead atoms. The van der Waals surface area contributed by atoms with Gasteiger partial charge in [0.25, 0.3) is 5.91 Å². The van der Waals surface area contributed by atoms with E-state index in [1.807, 2.05) is 20.8 Å². The third-order valence-electron chi connectivity index (χ3n) is 2.91. The van der Waals surface area contributed by atoms with Crippen LogP contribution in [-0.4, -0.2) is 10.9 Å². The van der Waals surface area contributed by atoms with Crippen molar-refractivity contribution in [2.24, 2.45) is 5.84 Å². The van der Waals surface area contributed by atoms with E-state index in [1.165, 1.54) is 0 Å². The maximum atomic E-state index is 11.9. The number of nitrogens with one attached hydrogen (secondary N) is 1. The first-order valence-corrected chi connectivity index (χ1v) is 6.32. The Morgan fingerprint density at radius 3 is 2.58 bits per heavy atom. The predicted molar refractivity (Wildman–Crippen MR) is 77.1 cm³/mol. The summed E-state index contributed by atoms with van der Waals surface area (Å²) in [5.74, 6) is 4.89. The summed E-state index contributed by atoms with van der Waals surface area (Å²) in [4.78, 5) is 16.5. The van der Waals surface area contributed by atoms with Crippen LogP contribution in [0, 0.1) is 0 Å². The summed E-state index contributed by atoms with van der Waals surface area (Å²) in [7, 11) is 0. The number of rotatable bonds is 1. The highest BCUT2D eigenvalue weighted by molar-refractivity contribution is 6.31. The lowest BCUT2D eigenvalue weighted by Crippen LogP contribution is -2.30. The minimum absolute atomic E-state index is 0.155. The van der Waals surface area contributed by atoms with E-state index in [1.54, 1.807) is 24.3 Å². The lowest BCUT2D eigenvalue weighted by Gasteiger charge is -2.19. The van der Waals surface area contributed by atoms with E-state index in [0.29, 0.717) is 16.0 Å². The van der Waals surface area contributed by atoms with Crippen molar-refractivity contribution in [1.82, 2.24) is 10.4 Å². The van der Waals surface area contributed by atoms with E-state index in [9.17, 15) is 4.79 Å². The smallest absolute Gasteiger partial charge is 0.265 e. The van der Waals surface area contributed by atoms with Crippen LogP contribution in [-0.2, 0) is 5.41 Å². The van der Waals surface area contributed by atoms with Crippen LogP contribution < -0.4 is 11.3 Å². The molecule has 100 valence electrons. The maximum absolute atomic E-state index is 11.9. The van der Waals surface area contributed by atoms with Crippen LogP contribution in [0.15, 0.2) is 24.3 Å². The van der Waals surface area contributed by atoms with Crippen LogP contribution in [0.3, 0.4) is 0 Å². The second-order valence-electron chi connectivity index (χ2n) is 5.44. The van der Waals surface area contributed by atoms with Crippen molar-refractivity contribution < 1.29 is 4.79 Å². The molecule has 0 radical (unpaired) electrons. The minimum atomic E-state index is -0.347. The number of fused-ring (bicyclic) bond motifs is 1. The SMILES string of the molecule is CC(C)(C)c1cc(C(=O)NN)c2cc(Cl)ccc2n1. The molecule has 3 N–H and O–H groups in total. The predicted octanol–water partition coefficient (Wildman–Crippen LogP) is 2.79. The number of halogens is 1. The van der Waals surface area contributed by atoms with Gasteiger partial charge >= 0.3 is 0 Å². The van der Waals surface area contributed by atoms with Gasteiger partial charge in [0.15, 0.2) is 0 Å².